The smallest absolute Gasteiger partial charge is 0.345 e. The Balaban J connectivity index is 1.48. The Morgan fingerprint density at radius 3 is 2.35 bits per heavy atom. The minimum absolute atomic E-state index is 0.205. The van der Waals surface area contributed by atoms with Crippen LogP contribution < -0.4 is 14.9 Å². The van der Waals surface area contributed by atoms with E-state index in [0.717, 1.165) is 0 Å². The maximum absolute atomic E-state index is 12.2. The van der Waals surface area contributed by atoms with E-state index in [1.807, 2.05) is 0 Å². The summed E-state index contributed by atoms with van der Waals surface area (Å²) in [4.78, 5) is 24.0. The number of nitrogens with one attached hydrogen (secondary N) is 1. The second-order valence-corrected chi connectivity index (χ2v) is 7.40. The van der Waals surface area contributed by atoms with Gasteiger partial charge < -0.3 is 9.47 Å². The third-order valence-electron chi connectivity index (χ3n) is 3.81. The monoisotopic (exact) mass is 476 g/mol. The molecule has 158 valence electrons. The number of amides is 1. The molecule has 31 heavy (non-hydrogen) atoms. The molecule has 1 amide bonds. The van der Waals surface area contributed by atoms with Crippen LogP contribution in [0.4, 0.5) is 0 Å². The molecule has 0 unspecified atom stereocenters. The van der Waals surface area contributed by atoms with Crippen LogP contribution in [-0.4, -0.2) is 24.7 Å². The predicted octanol–water partition coefficient (Wildman–Crippen LogP) is 5.40. The number of ether oxygens (including phenoxy) is 2. The molecule has 0 heterocycles. The van der Waals surface area contributed by atoms with Crippen LogP contribution in [0.25, 0.3) is 0 Å². The minimum atomic E-state index is -0.602. The number of carbonyl (C=O) groups is 2. The SMILES string of the molecule is O=C(COc1cccc(Cl)c1)NN=Cc1ccc(OC(=O)c2ccc(Cl)cc2Cl)cc1. The fourth-order valence-electron chi connectivity index (χ4n) is 2.36. The standard InChI is InChI=1S/C22H15Cl3N2O4/c23-15-2-1-3-18(10-15)30-13-21(28)27-26-12-14-4-7-17(8-5-14)31-22(29)19-9-6-16(24)11-20(19)25/h1-12H,13H2,(H,27,28). The van der Waals surface area contributed by atoms with Gasteiger partial charge in [0.15, 0.2) is 6.61 Å². The predicted molar refractivity (Wildman–Crippen MR) is 121 cm³/mol. The number of carbonyl (C=O) groups excluding carboxylic acids is 2. The van der Waals surface area contributed by atoms with E-state index in [9.17, 15) is 9.59 Å². The average Bonchev–Trinajstić information content (AvgIpc) is 2.73. The highest BCUT2D eigenvalue weighted by Gasteiger charge is 2.13. The van der Waals surface area contributed by atoms with Gasteiger partial charge >= 0.3 is 5.97 Å². The Labute approximate surface area is 193 Å². The molecule has 0 radical (unpaired) electrons. The highest BCUT2D eigenvalue weighted by Crippen LogP contribution is 2.23. The van der Waals surface area contributed by atoms with Crippen LogP contribution in [0.15, 0.2) is 71.8 Å². The van der Waals surface area contributed by atoms with Gasteiger partial charge in [0.25, 0.3) is 5.91 Å². The Kier molecular flexibility index (Phi) is 7.89. The summed E-state index contributed by atoms with van der Waals surface area (Å²) >= 11 is 17.7. The van der Waals surface area contributed by atoms with Crippen molar-refractivity contribution < 1.29 is 19.1 Å². The lowest BCUT2D eigenvalue weighted by atomic mass is 10.2. The normalized spacial score (nSPS) is 10.7. The quantitative estimate of drug-likeness (QED) is 0.214. The van der Waals surface area contributed by atoms with E-state index in [-0.39, 0.29) is 17.2 Å². The molecular weight excluding hydrogens is 463 g/mol. The van der Waals surface area contributed by atoms with Crippen molar-refractivity contribution >= 4 is 52.9 Å². The van der Waals surface area contributed by atoms with Crippen molar-refractivity contribution in [2.24, 2.45) is 5.10 Å². The molecule has 0 aliphatic rings. The molecule has 0 aliphatic carbocycles. The Morgan fingerprint density at radius 1 is 0.903 bits per heavy atom. The number of hydrogen-bond donors (Lipinski definition) is 1. The maximum Gasteiger partial charge on any atom is 0.345 e. The van der Waals surface area contributed by atoms with Crippen LogP contribution in [0, 0.1) is 0 Å². The number of benzene rings is 3. The zero-order valence-electron chi connectivity index (χ0n) is 15.8. The van der Waals surface area contributed by atoms with Crippen LogP contribution in [0.3, 0.4) is 0 Å². The zero-order chi connectivity index (χ0) is 22.2. The largest absolute Gasteiger partial charge is 0.484 e. The van der Waals surface area contributed by atoms with E-state index >= 15 is 0 Å². The number of halogens is 3. The van der Waals surface area contributed by atoms with Gasteiger partial charge in [-0.3, -0.25) is 4.79 Å². The molecule has 0 aliphatic heterocycles. The lowest BCUT2D eigenvalue weighted by molar-refractivity contribution is -0.123. The fourth-order valence-corrected chi connectivity index (χ4v) is 3.02. The summed E-state index contributed by atoms with van der Waals surface area (Å²) in [5, 5.41) is 5.01. The molecule has 0 saturated heterocycles. The molecule has 0 spiro atoms. The van der Waals surface area contributed by atoms with Gasteiger partial charge in [-0.1, -0.05) is 40.9 Å². The van der Waals surface area contributed by atoms with Crippen LogP contribution >= 0.6 is 34.8 Å². The lowest BCUT2D eigenvalue weighted by Crippen LogP contribution is -2.24. The molecular formula is C22H15Cl3N2O4. The maximum atomic E-state index is 12.2. The first kappa shape index (κ1) is 22.6. The van der Waals surface area contributed by atoms with E-state index in [1.165, 1.54) is 18.3 Å². The second-order valence-electron chi connectivity index (χ2n) is 6.12. The van der Waals surface area contributed by atoms with Crippen molar-refractivity contribution in [2.45, 2.75) is 0 Å². The van der Waals surface area contributed by atoms with E-state index in [4.69, 9.17) is 44.3 Å². The van der Waals surface area contributed by atoms with E-state index in [0.29, 0.717) is 27.1 Å². The molecule has 6 nitrogen and oxygen atoms in total. The van der Waals surface area contributed by atoms with Gasteiger partial charge in [0.2, 0.25) is 0 Å². The number of nitrogens with zero attached hydrogens (tertiary/aromatic N) is 1. The Bertz CT molecular complexity index is 1120. The van der Waals surface area contributed by atoms with Crippen molar-refractivity contribution in [3.63, 3.8) is 0 Å². The van der Waals surface area contributed by atoms with Crippen LogP contribution in [-0.2, 0) is 4.79 Å². The molecule has 9 heteroatoms. The summed E-state index contributed by atoms with van der Waals surface area (Å²) in [5.74, 6) is -0.222. The average molecular weight is 478 g/mol. The van der Waals surface area contributed by atoms with E-state index in [1.54, 1.807) is 54.6 Å². The summed E-state index contributed by atoms with van der Waals surface area (Å²) in [6, 6.07) is 17.8. The van der Waals surface area contributed by atoms with Crippen LogP contribution in [0.5, 0.6) is 11.5 Å². The third-order valence-corrected chi connectivity index (χ3v) is 4.59. The number of rotatable bonds is 7. The van der Waals surface area contributed by atoms with Gasteiger partial charge in [0, 0.05) is 10.0 Å². The van der Waals surface area contributed by atoms with Gasteiger partial charge in [-0.15, -0.1) is 0 Å². The highest BCUT2D eigenvalue weighted by molar-refractivity contribution is 6.36. The van der Waals surface area contributed by atoms with Gasteiger partial charge in [0.05, 0.1) is 16.8 Å². The van der Waals surface area contributed by atoms with Crippen LogP contribution in [0.2, 0.25) is 15.1 Å². The molecule has 0 aromatic heterocycles. The van der Waals surface area contributed by atoms with E-state index < -0.39 is 11.9 Å². The number of hydrazone groups is 1. The number of esters is 1. The highest BCUT2D eigenvalue weighted by atomic mass is 35.5. The molecule has 0 saturated carbocycles. The van der Waals surface area contributed by atoms with Gasteiger partial charge in [-0.2, -0.15) is 5.10 Å². The Hall–Kier alpha value is -3.06. The fraction of sp³-hybridized carbons (Fsp3) is 0.0455. The first-order chi connectivity index (χ1) is 14.9. The van der Waals surface area contributed by atoms with Gasteiger partial charge in [0.1, 0.15) is 11.5 Å². The summed E-state index contributed by atoms with van der Waals surface area (Å²) < 4.78 is 10.6. The lowest BCUT2D eigenvalue weighted by Gasteiger charge is -2.06. The first-order valence-electron chi connectivity index (χ1n) is 8.88. The molecule has 3 aromatic rings. The van der Waals surface area contributed by atoms with E-state index in [2.05, 4.69) is 10.5 Å². The zero-order valence-corrected chi connectivity index (χ0v) is 18.1. The Morgan fingerprint density at radius 2 is 1.65 bits per heavy atom. The molecule has 3 rings (SSSR count). The van der Waals surface area contributed by atoms with Crippen molar-refractivity contribution in [2.75, 3.05) is 6.61 Å². The summed E-state index contributed by atoms with van der Waals surface area (Å²) in [6.45, 7) is -0.209. The minimum Gasteiger partial charge on any atom is -0.484 e. The topological polar surface area (TPSA) is 77.0 Å². The van der Waals surface area contributed by atoms with Gasteiger partial charge in [-0.05, 0) is 66.2 Å². The molecule has 1 N–H and O–H groups in total. The van der Waals surface area contributed by atoms with Crippen LogP contribution in [0.1, 0.15) is 15.9 Å². The molecule has 0 fully saturated rings. The molecule has 0 atom stereocenters. The van der Waals surface area contributed by atoms with Crippen molar-refractivity contribution in [3.8, 4) is 11.5 Å². The van der Waals surface area contributed by atoms with Crippen molar-refractivity contribution in [3.05, 3.63) is 92.9 Å². The van der Waals surface area contributed by atoms with Gasteiger partial charge in [-0.25, -0.2) is 10.2 Å². The summed E-state index contributed by atoms with van der Waals surface area (Å²) in [6.07, 6.45) is 1.44. The van der Waals surface area contributed by atoms with Crippen molar-refractivity contribution in [1.82, 2.24) is 5.43 Å². The number of hydrogen-bond acceptors (Lipinski definition) is 5. The third kappa shape index (κ3) is 7.00. The first-order valence-corrected chi connectivity index (χ1v) is 10.0. The summed E-state index contributed by atoms with van der Waals surface area (Å²) in [7, 11) is 0. The van der Waals surface area contributed by atoms with Crippen molar-refractivity contribution in [1.29, 1.82) is 0 Å². The summed E-state index contributed by atoms with van der Waals surface area (Å²) in [5.41, 5.74) is 3.25. The molecule has 3 aromatic carbocycles. The second kappa shape index (κ2) is 10.8. The molecule has 0 bridgehead atoms.